The van der Waals surface area contributed by atoms with Gasteiger partial charge in [-0.2, -0.15) is 13.2 Å². The van der Waals surface area contributed by atoms with Crippen LogP contribution in [0, 0.1) is 0 Å². The van der Waals surface area contributed by atoms with Crippen LogP contribution < -0.4 is 10.6 Å². The average molecular weight is 534 g/mol. The molecule has 9 heteroatoms. The van der Waals surface area contributed by atoms with Crippen molar-refractivity contribution in [2.75, 3.05) is 20.1 Å². The molecule has 0 aliphatic rings. The van der Waals surface area contributed by atoms with Crippen LogP contribution in [-0.2, 0) is 24.1 Å². The highest BCUT2D eigenvalue weighted by atomic mass is 127. The summed E-state index contributed by atoms with van der Waals surface area (Å²) in [4.78, 5) is 18.3. The molecule has 0 unspecified atom stereocenters. The number of amides is 1. The highest BCUT2D eigenvalue weighted by Crippen LogP contribution is 2.29. The fraction of sp³-hybridized carbons (Fsp3) is 0.333. The average Bonchev–Trinajstić information content (AvgIpc) is 2.72. The zero-order chi connectivity index (χ0) is 21.3. The molecule has 2 aromatic rings. The molecule has 0 saturated heterocycles. The zero-order valence-electron chi connectivity index (χ0n) is 16.9. The molecule has 0 radical (unpaired) electrons. The van der Waals surface area contributed by atoms with Gasteiger partial charge in [-0.1, -0.05) is 42.5 Å². The minimum atomic E-state index is -4.35. The number of carbonyl (C=O) groups is 1. The Morgan fingerprint density at radius 2 is 1.63 bits per heavy atom. The second kappa shape index (κ2) is 12.4. The van der Waals surface area contributed by atoms with Gasteiger partial charge in [-0.05, 0) is 30.2 Å². The standard InChI is InChI=1S/C21H25F3N4O.HI/c1-3-28(15-17-7-5-4-6-8-17)19(29)14-27-20(25-2)26-13-16-9-11-18(12-10-16)21(22,23)24;/h4-12H,3,13-15H2,1-2H3,(H2,25,26,27);1H. The van der Waals surface area contributed by atoms with E-state index in [-0.39, 0.29) is 43.0 Å². The van der Waals surface area contributed by atoms with Gasteiger partial charge in [-0.25, -0.2) is 0 Å². The van der Waals surface area contributed by atoms with E-state index in [1.165, 1.54) is 12.1 Å². The van der Waals surface area contributed by atoms with Crippen LogP contribution in [0.5, 0.6) is 0 Å². The van der Waals surface area contributed by atoms with Gasteiger partial charge < -0.3 is 15.5 Å². The Morgan fingerprint density at radius 3 is 2.17 bits per heavy atom. The molecule has 0 saturated carbocycles. The van der Waals surface area contributed by atoms with Crippen molar-refractivity contribution in [3.8, 4) is 0 Å². The third kappa shape index (κ3) is 8.21. The smallest absolute Gasteiger partial charge is 0.352 e. The van der Waals surface area contributed by atoms with Gasteiger partial charge in [0, 0.05) is 26.7 Å². The molecular weight excluding hydrogens is 508 g/mol. The Labute approximate surface area is 191 Å². The summed E-state index contributed by atoms with van der Waals surface area (Å²) in [6, 6.07) is 14.6. The number of hydrogen-bond donors (Lipinski definition) is 2. The number of rotatable bonds is 7. The lowest BCUT2D eigenvalue weighted by Gasteiger charge is -2.22. The Hall–Kier alpha value is -2.30. The van der Waals surface area contributed by atoms with E-state index in [1.54, 1.807) is 11.9 Å². The van der Waals surface area contributed by atoms with E-state index in [0.717, 1.165) is 17.7 Å². The third-order valence-corrected chi connectivity index (χ3v) is 4.32. The van der Waals surface area contributed by atoms with E-state index in [2.05, 4.69) is 15.6 Å². The predicted molar refractivity (Wildman–Crippen MR) is 123 cm³/mol. The monoisotopic (exact) mass is 534 g/mol. The predicted octanol–water partition coefficient (Wildman–Crippen LogP) is 4.04. The number of carbonyl (C=O) groups excluding carboxylic acids is 1. The van der Waals surface area contributed by atoms with Crippen molar-refractivity contribution in [2.24, 2.45) is 4.99 Å². The number of guanidine groups is 1. The number of nitrogens with one attached hydrogen (secondary N) is 2. The number of aliphatic imine (C=N–C) groups is 1. The van der Waals surface area contributed by atoms with Crippen molar-refractivity contribution < 1.29 is 18.0 Å². The van der Waals surface area contributed by atoms with Gasteiger partial charge in [0.2, 0.25) is 5.91 Å². The van der Waals surface area contributed by atoms with Crippen molar-refractivity contribution in [3.05, 3.63) is 71.3 Å². The summed E-state index contributed by atoms with van der Waals surface area (Å²) in [5.41, 5.74) is 1.03. The number of halogens is 4. The maximum Gasteiger partial charge on any atom is 0.416 e. The fourth-order valence-electron chi connectivity index (χ4n) is 2.67. The summed E-state index contributed by atoms with van der Waals surface area (Å²) >= 11 is 0. The molecule has 30 heavy (non-hydrogen) atoms. The Balaban J connectivity index is 0.00000450. The van der Waals surface area contributed by atoms with E-state index in [1.807, 2.05) is 37.3 Å². The van der Waals surface area contributed by atoms with Crippen molar-refractivity contribution >= 4 is 35.8 Å². The van der Waals surface area contributed by atoms with Crippen molar-refractivity contribution in [3.63, 3.8) is 0 Å². The minimum Gasteiger partial charge on any atom is -0.352 e. The van der Waals surface area contributed by atoms with Gasteiger partial charge in [-0.3, -0.25) is 9.79 Å². The van der Waals surface area contributed by atoms with E-state index in [4.69, 9.17) is 0 Å². The molecule has 0 spiro atoms. The molecular formula is C21H26F3IN4O. The SMILES string of the molecule is CCN(Cc1ccccc1)C(=O)CNC(=NC)NCc1ccc(C(F)(F)F)cc1.I. The Morgan fingerprint density at radius 1 is 1.00 bits per heavy atom. The summed E-state index contributed by atoms with van der Waals surface area (Å²) in [6.45, 7) is 3.36. The normalized spacial score (nSPS) is 11.4. The second-order valence-electron chi connectivity index (χ2n) is 6.37. The molecule has 0 bridgehead atoms. The quantitative estimate of drug-likeness (QED) is 0.321. The zero-order valence-corrected chi connectivity index (χ0v) is 19.2. The van der Waals surface area contributed by atoms with Gasteiger partial charge in [0.25, 0.3) is 0 Å². The third-order valence-electron chi connectivity index (χ3n) is 4.32. The molecule has 0 heterocycles. The lowest BCUT2D eigenvalue weighted by Crippen LogP contribution is -2.44. The van der Waals surface area contributed by atoms with Crippen molar-refractivity contribution in [2.45, 2.75) is 26.2 Å². The molecule has 164 valence electrons. The van der Waals surface area contributed by atoms with Crippen LogP contribution >= 0.6 is 24.0 Å². The lowest BCUT2D eigenvalue weighted by atomic mass is 10.1. The van der Waals surface area contributed by atoms with Crippen LogP contribution in [0.1, 0.15) is 23.6 Å². The summed E-state index contributed by atoms with van der Waals surface area (Å²) in [7, 11) is 1.56. The van der Waals surface area contributed by atoms with Crippen LogP contribution in [0.4, 0.5) is 13.2 Å². The van der Waals surface area contributed by atoms with E-state index in [9.17, 15) is 18.0 Å². The summed E-state index contributed by atoms with van der Waals surface area (Å²) in [5.74, 6) is 0.322. The molecule has 1 amide bonds. The maximum absolute atomic E-state index is 12.6. The second-order valence-corrected chi connectivity index (χ2v) is 6.37. The largest absolute Gasteiger partial charge is 0.416 e. The molecule has 0 atom stereocenters. The van der Waals surface area contributed by atoms with Crippen LogP contribution in [0.2, 0.25) is 0 Å². The van der Waals surface area contributed by atoms with E-state index >= 15 is 0 Å². The number of nitrogens with zero attached hydrogens (tertiary/aromatic N) is 2. The maximum atomic E-state index is 12.6. The van der Waals surface area contributed by atoms with Gasteiger partial charge in [0.05, 0.1) is 12.1 Å². The molecule has 2 aromatic carbocycles. The highest BCUT2D eigenvalue weighted by molar-refractivity contribution is 14.0. The molecule has 5 nitrogen and oxygen atoms in total. The van der Waals surface area contributed by atoms with Crippen LogP contribution in [-0.4, -0.2) is 36.9 Å². The van der Waals surface area contributed by atoms with Gasteiger partial charge in [0.1, 0.15) is 0 Å². The first kappa shape index (κ1) is 25.7. The van der Waals surface area contributed by atoms with Crippen LogP contribution in [0.25, 0.3) is 0 Å². The molecule has 0 aromatic heterocycles. The van der Waals surface area contributed by atoms with Crippen molar-refractivity contribution in [1.29, 1.82) is 0 Å². The van der Waals surface area contributed by atoms with Gasteiger partial charge in [0.15, 0.2) is 5.96 Å². The summed E-state index contributed by atoms with van der Waals surface area (Å²) in [5, 5.41) is 5.94. The first-order valence-corrected chi connectivity index (χ1v) is 9.25. The van der Waals surface area contributed by atoms with Crippen LogP contribution in [0.15, 0.2) is 59.6 Å². The Bertz CT molecular complexity index is 811. The van der Waals surface area contributed by atoms with Gasteiger partial charge >= 0.3 is 6.18 Å². The summed E-state index contributed by atoms with van der Waals surface area (Å²) < 4.78 is 37.8. The Kier molecular flexibility index (Phi) is 10.6. The van der Waals surface area contributed by atoms with E-state index < -0.39 is 11.7 Å². The number of likely N-dealkylation sites (N-methyl/N-ethyl adjacent to an activating group) is 1. The highest BCUT2D eigenvalue weighted by Gasteiger charge is 2.29. The van der Waals surface area contributed by atoms with Gasteiger partial charge in [-0.15, -0.1) is 24.0 Å². The fourth-order valence-corrected chi connectivity index (χ4v) is 2.67. The number of alkyl halides is 3. The summed E-state index contributed by atoms with van der Waals surface area (Å²) in [6.07, 6.45) is -4.35. The molecule has 0 aliphatic carbocycles. The topological polar surface area (TPSA) is 56.7 Å². The molecule has 2 N–H and O–H groups in total. The molecule has 0 aliphatic heterocycles. The number of benzene rings is 2. The minimum absolute atomic E-state index is 0. The molecule has 2 rings (SSSR count). The van der Waals surface area contributed by atoms with Crippen molar-refractivity contribution in [1.82, 2.24) is 15.5 Å². The molecule has 0 fully saturated rings. The lowest BCUT2D eigenvalue weighted by molar-refractivity contribution is -0.137. The first-order chi connectivity index (χ1) is 13.8. The number of hydrogen-bond acceptors (Lipinski definition) is 2. The van der Waals surface area contributed by atoms with E-state index in [0.29, 0.717) is 24.6 Å². The first-order valence-electron chi connectivity index (χ1n) is 9.25. The van der Waals surface area contributed by atoms with Crippen LogP contribution in [0.3, 0.4) is 0 Å².